The number of likely N-dealkylation sites (tertiary alicyclic amines) is 1. The maximum atomic E-state index is 5.45. The molecule has 0 aliphatic carbocycles. The third-order valence-corrected chi connectivity index (χ3v) is 4.72. The first-order valence-electron chi connectivity index (χ1n) is 8.15. The zero-order valence-electron chi connectivity index (χ0n) is 14.1. The van der Waals surface area contributed by atoms with Gasteiger partial charge in [0, 0.05) is 58.2 Å². The van der Waals surface area contributed by atoms with Crippen molar-refractivity contribution in [1.29, 1.82) is 0 Å². The van der Waals surface area contributed by atoms with E-state index in [0.29, 0.717) is 6.04 Å². The van der Waals surface area contributed by atoms with Crippen molar-refractivity contribution in [3.8, 4) is 0 Å². The molecular formula is C16H28IN5O. The number of rotatable bonds is 3. The summed E-state index contributed by atoms with van der Waals surface area (Å²) >= 11 is 0. The van der Waals surface area contributed by atoms with E-state index in [2.05, 4.69) is 50.1 Å². The average Bonchev–Trinajstić information content (AvgIpc) is 3.19. The van der Waals surface area contributed by atoms with Crippen molar-refractivity contribution in [3.05, 3.63) is 24.0 Å². The zero-order chi connectivity index (χ0) is 15.4. The van der Waals surface area contributed by atoms with Gasteiger partial charge >= 0.3 is 0 Å². The van der Waals surface area contributed by atoms with Gasteiger partial charge in [-0.05, 0) is 18.6 Å². The summed E-state index contributed by atoms with van der Waals surface area (Å²) in [5, 5.41) is 3.49. The molecule has 2 saturated heterocycles. The van der Waals surface area contributed by atoms with Crippen LogP contribution < -0.4 is 5.32 Å². The van der Waals surface area contributed by atoms with Gasteiger partial charge in [0.1, 0.15) is 0 Å². The zero-order valence-corrected chi connectivity index (χ0v) is 16.4. The van der Waals surface area contributed by atoms with E-state index in [-0.39, 0.29) is 24.0 Å². The summed E-state index contributed by atoms with van der Waals surface area (Å²) in [5.41, 5.74) is 1.27. The summed E-state index contributed by atoms with van der Waals surface area (Å²) in [5.74, 6) is 1.01. The molecule has 1 N–H and O–H groups in total. The van der Waals surface area contributed by atoms with E-state index >= 15 is 0 Å². The van der Waals surface area contributed by atoms with Gasteiger partial charge in [-0.1, -0.05) is 0 Å². The first kappa shape index (κ1) is 18.5. The van der Waals surface area contributed by atoms with E-state index in [0.717, 1.165) is 51.9 Å². The lowest BCUT2D eigenvalue weighted by molar-refractivity contribution is 0.0195. The first-order valence-corrected chi connectivity index (χ1v) is 8.15. The van der Waals surface area contributed by atoms with Crippen LogP contribution in [-0.4, -0.2) is 72.8 Å². The molecule has 3 rings (SSSR count). The third kappa shape index (κ3) is 4.60. The van der Waals surface area contributed by atoms with Crippen molar-refractivity contribution in [2.45, 2.75) is 19.0 Å². The SMILES string of the molecule is CN=C(NCc1cccn1C)N1CCC(N2CCOCC2)C1.I. The Balaban J connectivity index is 0.00000192. The molecule has 0 radical (unpaired) electrons. The standard InChI is InChI=1S/C16H27N5O.HI/c1-17-16(18-12-14-4-3-6-19(14)2)21-7-5-15(13-21)20-8-10-22-11-9-20;/h3-4,6,15H,5,7-13H2,1-2H3,(H,17,18);1H. The van der Waals surface area contributed by atoms with E-state index in [1.807, 2.05) is 7.05 Å². The number of aryl methyl sites for hydroxylation is 1. The van der Waals surface area contributed by atoms with E-state index in [1.165, 1.54) is 12.1 Å². The van der Waals surface area contributed by atoms with Crippen LogP contribution in [0.1, 0.15) is 12.1 Å². The third-order valence-electron chi connectivity index (χ3n) is 4.72. The Morgan fingerprint density at radius 3 is 2.78 bits per heavy atom. The Morgan fingerprint density at radius 2 is 2.13 bits per heavy atom. The van der Waals surface area contributed by atoms with Crippen molar-refractivity contribution in [3.63, 3.8) is 0 Å². The van der Waals surface area contributed by atoms with Crippen molar-refractivity contribution in [2.75, 3.05) is 46.4 Å². The van der Waals surface area contributed by atoms with Crippen LogP contribution in [0, 0.1) is 0 Å². The monoisotopic (exact) mass is 433 g/mol. The fourth-order valence-corrected chi connectivity index (χ4v) is 3.36. The molecule has 1 aromatic heterocycles. The molecule has 3 heterocycles. The quantitative estimate of drug-likeness (QED) is 0.441. The minimum atomic E-state index is 0. The van der Waals surface area contributed by atoms with Crippen LogP contribution in [-0.2, 0) is 18.3 Å². The molecule has 0 aromatic carbocycles. The number of nitrogens with one attached hydrogen (secondary N) is 1. The Kier molecular flexibility index (Phi) is 7.16. The highest BCUT2D eigenvalue weighted by atomic mass is 127. The Morgan fingerprint density at radius 1 is 1.35 bits per heavy atom. The number of nitrogens with zero attached hydrogens (tertiary/aromatic N) is 4. The number of morpholine rings is 1. The number of ether oxygens (including phenoxy) is 1. The normalized spacial score (nSPS) is 23.0. The van der Waals surface area contributed by atoms with Gasteiger partial charge in [0.25, 0.3) is 0 Å². The minimum Gasteiger partial charge on any atom is -0.379 e. The van der Waals surface area contributed by atoms with Crippen LogP contribution in [0.25, 0.3) is 0 Å². The molecule has 1 aromatic rings. The van der Waals surface area contributed by atoms with E-state index in [1.54, 1.807) is 0 Å². The van der Waals surface area contributed by atoms with Gasteiger partial charge in [-0.25, -0.2) is 0 Å². The highest BCUT2D eigenvalue weighted by Crippen LogP contribution is 2.17. The number of halogens is 1. The summed E-state index contributed by atoms with van der Waals surface area (Å²) < 4.78 is 7.59. The topological polar surface area (TPSA) is 45.0 Å². The maximum Gasteiger partial charge on any atom is 0.194 e. The molecular weight excluding hydrogens is 405 g/mol. The van der Waals surface area contributed by atoms with Crippen molar-refractivity contribution in [1.82, 2.24) is 19.7 Å². The molecule has 130 valence electrons. The lowest BCUT2D eigenvalue weighted by Crippen LogP contribution is -2.46. The van der Waals surface area contributed by atoms with Crippen molar-refractivity contribution < 1.29 is 4.74 Å². The summed E-state index contributed by atoms with van der Waals surface area (Å²) in [6.45, 7) is 6.83. The van der Waals surface area contributed by atoms with Gasteiger partial charge in [0.2, 0.25) is 0 Å². The van der Waals surface area contributed by atoms with Gasteiger partial charge in [-0.15, -0.1) is 24.0 Å². The Bertz CT molecular complexity index is 512. The molecule has 0 saturated carbocycles. The molecule has 6 nitrogen and oxygen atoms in total. The average molecular weight is 433 g/mol. The molecule has 1 unspecified atom stereocenters. The van der Waals surface area contributed by atoms with Crippen LogP contribution in [0.15, 0.2) is 23.3 Å². The summed E-state index contributed by atoms with van der Waals surface area (Å²) in [6.07, 6.45) is 3.29. The van der Waals surface area contributed by atoms with Crippen LogP contribution >= 0.6 is 24.0 Å². The fourth-order valence-electron chi connectivity index (χ4n) is 3.36. The van der Waals surface area contributed by atoms with E-state index in [9.17, 15) is 0 Å². The summed E-state index contributed by atoms with van der Waals surface area (Å²) in [6, 6.07) is 4.85. The van der Waals surface area contributed by atoms with Crippen LogP contribution in [0.4, 0.5) is 0 Å². The first-order chi connectivity index (χ1) is 10.8. The number of hydrogen-bond donors (Lipinski definition) is 1. The highest BCUT2D eigenvalue weighted by Gasteiger charge is 2.30. The second kappa shape index (κ2) is 8.89. The minimum absolute atomic E-state index is 0. The second-order valence-corrected chi connectivity index (χ2v) is 6.05. The van der Waals surface area contributed by atoms with Gasteiger partial charge in [0.05, 0.1) is 19.8 Å². The van der Waals surface area contributed by atoms with Gasteiger partial charge in [-0.2, -0.15) is 0 Å². The Hall–Kier alpha value is -0.800. The lowest BCUT2D eigenvalue weighted by atomic mass is 10.2. The molecule has 2 aliphatic heterocycles. The molecule has 23 heavy (non-hydrogen) atoms. The molecule has 1 atom stereocenters. The van der Waals surface area contributed by atoms with Gasteiger partial charge < -0.3 is 19.5 Å². The smallest absolute Gasteiger partial charge is 0.194 e. The molecule has 0 bridgehead atoms. The maximum absolute atomic E-state index is 5.45. The van der Waals surface area contributed by atoms with E-state index < -0.39 is 0 Å². The molecule has 0 spiro atoms. The molecule has 2 aliphatic rings. The van der Waals surface area contributed by atoms with Crippen LogP contribution in [0.2, 0.25) is 0 Å². The number of guanidine groups is 1. The fraction of sp³-hybridized carbons (Fsp3) is 0.688. The number of hydrogen-bond acceptors (Lipinski definition) is 3. The molecule has 2 fully saturated rings. The number of aliphatic imine (C=N–C) groups is 1. The summed E-state index contributed by atoms with van der Waals surface area (Å²) in [7, 11) is 3.94. The highest BCUT2D eigenvalue weighted by molar-refractivity contribution is 14.0. The second-order valence-electron chi connectivity index (χ2n) is 6.05. The van der Waals surface area contributed by atoms with E-state index in [4.69, 9.17) is 4.74 Å². The number of aromatic nitrogens is 1. The van der Waals surface area contributed by atoms with Crippen molar-refractivity contribution >= 4 is 29.9 Å². The van der Waals surface area contributed by atoms with Crippen LogP contribution in [0.5, 0.6) is 0 Å². The summed E-state index contributed by atoms with van der Waals surface area (Å²) in [4.78, 5) is 9.40. The van der Waals surface area contributed by atoms with Gasteiger partial charge in [0.15, 0.2) is 5.96 Å². The van der Waals surface area contributed by atoms with Crippen LogP contribution in [0.3, 0.4) is 0 Å². The van der Waals surface area contributed by atoms with Gasteiger partial charge in [-0.3, -0.25) is 9.89 Å². The molecule has 0 amide bonds. The predicted molar refractivity (Wildman–Crippen MR) is 103 cm³/mol. The molecule has 7 heteroatoms. The lowest BCUT2D eigenvalue weighted by Gasteiger charge is -2.32. The predicted octanol–water partition coefficient (Wildman–Crippen LogP) is 1.12. The Labute approximate surface area is 155 Å². The largest absolute Gasteiger partial charge is 0.379 e. The van der Waals surface area contributed by atoms with Crippen molar-refractivity contribution in [2.24, 2.45) is 12.0 Å².